The van der Waals surface area contributed by atoms with Gasteiger partial charge in [0.05, 0.1) is 18.4 Å². The number of methoxy groups -OCH3 is 1. The molecule has 1 fully saturated rings. The van der Waals surface area contributed by atoms with Gasteiger partial charge in [-0.25, -0.2) is 9.78 Å². The van der Waals surface area contributed by atoms with Crippen LogP contribution in [0.15, 0.2) is 53.1 Å². The van der Waals surface area contributed by atoms with Gasteiger partial charge in [0.2, 0.25) is 5.89 Å². The van der Waals surface area contributed by atoms with Crippen LogP contribution in [0.3, 0.4) is 0 Å². The number of benzene rings is 1. The maximum absolute atomic E-state index is 11.6. The van der Waals surface area contributed by atoms with Crippen LogP contribution in [0.2, 0.25) is 0 Å². The first-order chi connectivity index (χ1) is 15.1. The maximum atomic E-state index is 11.6. The molecule has 3 aromatic rings. The van der Waals surface area contributed by atoms with Crippen LogP contribution in [-0.2, 0) is 17.7 Å². The Morgan fingerprint density at radius 3 is 2.77 bits per heavy atom. The van der Waals surface area contributed by atoms with Crippen molar-refractivity contribution in [3.05, 3.63) is 71.4 Å². The molecule has 6 heteroatoms. The van der Waals surface area contributed by atoms with Crippen molar-refractivity contribution in [3.63, 3.8) is 0 Å². The van der Waals surface area contributed by atoms with Gasteiger partial charge < -0.3 is 9.15 Å². The van der Waals surface area contributed by atoms with E-state index in [-0.39, 0.29) is 5.97 Å². The highest BCUT2D eigenvalue weighted by molar-refractivity contribution is 5.89. The lowest BCUT2D eigenvalue weighted by Gasteiger charge is -2.35. The van der Waals surface area contributed by atoms with Gasteiger partial charge in [-0.15, -0.1) is 0 Å². The van der Waals surface area contributed by atoms with Crippen molar-refractivity contribution in [2.45, 2.75) is 51.6 Å². The van der Waals surface area contributed by atoms with Gasteiger partial charge in [-0.05, 0) is 75.5 Å². The van der Waals surface area contributed by atoms with Gasteiger partial charge in [0.25, 0.3) is 0 Å². The number of likely N-dealkylation sites (tertiary alicyclic amines) is 1. The fraction of sp³-hybridized carbons (Fsp3) is 0.400. The standard InChI is InChI=1S/C25H29N3O3/c1-18-23(27-24(31-18)19-9-11-20(12-10-19)25(29)30-2)17-28-16-6-4-8-22(28)14-13-21-7-3-5-15-26-21/h3,5,7,9-12,15,22H,4,6,8,13-14,16-17H2,1-2H3. The zero-order valence-corrected chi connectivity index (χ0v) is 18.2. The lowest BCUT2D eigenvalue weighted by Crippen LogP contribution is -2.39. The maximum Gasteiger partial charge on any atom is 0.337 e. The second kappa shape index (κ2) is 9.88. The largest absolute Gasteiger partial charge is 0.465 e. The minimum absolute atomic E-state index is 0.349. The molecule has 1 aromatic carbocycles. The average Bonchev–Trinajstić information content (AvgIpc) is 3.19. The number of aryl methyl sites for hydroxylation is 2. The Morgan fingerprint density at radius 2 is 2.03 bits per heavy atom. The number of carbonyl (C=O) groups is 1. The van der Waals surface area contributed by atoms with Crippen molar-refractivity contribution in [2.24, 2.45) is 0 Å². The molecule has 2 aromatic heterocycles. The predicted molar refractivity (Wildman–Crippen MR) is 119 cm³/mol. The molecule has 1 saturated heterocycles. The lowest BCUT2D eigenvalue weighted by molar-refractivity contribution is 0.0600. The third kappa shape index (κ3) is 5.20. The van der Waals surface area contributed by atoms with Crippen LogP contribution >= 0.6 is 0 Å². The summed E-state index contributed by atoms with van der Waals surface area (Å²) in [6.45, 7) is 3.85. The Bertz CT molecular complexity index is 999. The number of piperidine rings is 1. The third-order valence-electron chi connectivity index (χ3n) is 6.01. The van der Waals surface area contributed by atoms with E-state index in [4.69, 9.17) is 14.1 Å². The highest BCUT2D eigenvalue weighted by Gasteiger charge is 2.24. The molecule has 0 spiro atoms. The molecule has 4 rings (SSSR count). The number of aromatic nitrogens is 2. The van der Waals surface area contributed by atoms with E-state index in [1.807, 2.05) is 31.3 Å². The summed E-state index contributed by atoms with van der Waals surface area (Å²) in [6, 6.07) is 13.8. The zero-order valence-electron chi connectivity index (χ0n) is 18.2. The van der Waals surface area contributed by atoms with Crippen LogP contribution in [0.4, 0.5) is 0 Å². The Balaban J connectivity index is 1.44. The minimum Gasteiger partial charge on any atom is -0.465 e. The third-order valence-corrected chi connectivity index (χ3v) is 6.01. The molecule has 1 atom stereocenters. The van der Waals surface area contributed by atoms with Crippen LogP contribution in [0.25, 0.3) is 11.5 Å². The fourth-order valence-corrected chi connectivity index (χ4v) is 4.21. The van der Waals surface area contributed by atoms with Crippen molar-refractivity contribution >= 4 is 5.97 Å². The molecule has 1 unspecified atom stereocenters. The van der Waals surface area contributed by atoms with Gasteiger partial charge in [0.1, 0.15) is 5.76 Å². The van der Waals surface area contributed by atoms with Crippen LogP contribution < -0.4 is 0 Å². The van der Waals surface area contributed by atoms with Crippen LogP contribution in [0, 0.1) is 6.92 Å². The number of pyridine rings is 1. The monoisotopic (exact) mass is 419 g/mol. The molecule has 31 heavy (non-hydrogen) atoms. The first kappa shape index (κ1) is 21.2. The number of hydrogen-bond donors (Lipinski definition) is 0. The highest BCUT2D eigenvalue weighted by atomic mass is 16.5. The number of carbonyl (C=O) groups excluding carboxylic acids is 1. The van der Waals surface area contributed by atoms with E-state index in [1.54, 1.807) is 12.1 Å². The summed E-state index contributed by atoms with van der Waals surface area (Å²) in [5.41, 5.74) is 3.51. The Kier molecular flexibility index (Phi) is 6.77. The number of oxazole rings is 1. The van der Waals surface area contributed by atoms with E-state index in [0.717, 1.165) is 48.6 Å². The van der Waals surface area contributed by atoms with Crippen molar-refractivity contribution in [3.8, 4) is 11.5 Å². The summed E-state index contributed by atoms with van der Waals surface area (Å²) in [5.74, 6) is 1.09. The Labute approximate surface area is 183 Å². The molecule has 0 N–H and O–H groups in total. The van der Waals surface area contributed by atoms with Gasteiger partial charge in [0.15, 0.2) is 0 Å². The summed E-state index contributed by atoms with van der Waals surface area (Å²) in [4.78, 5) is 23.4. The van der Waals surface area contributed by atoms with Crippen molar-refractivity contribution in [1.82, 2.24) is 14.9 Å². The molecule has 162 valence electrons. The molecular weight excluding hydrogens is 390 g/mol. The smallest absolute Gasteiger partial charge is 0.337 e. The molecule has 1 aliphatic heterocycles. The van der Waals surface area contributed by atoms with E-state index in [1.165, 1.54) is 26.4 Å². The van der Waals surface area contributed by atoms with Crippen LogP contribution in [0.5, 0.6) is 0 Å². The van der Waals surface area contributed by atoms with Gasteiger partial charge in [-0.1, -0.05) is 12.5 Å². The van der Waals surface area contributed by atoms with E-state index in [0.29, 0.717) is 17.5 Å². The van der Waals surface area contributed by atoms with Gasteiger partial charge in [0, 0.05) is 30.0 Å². The number of nitrogens with zero attached hydrogens (tertiary/aromatic N) is 3. The van der Waals surface area contributed by atoms with Crippen molar-refractivity contribution in [1.29, 1.82) is 0 Å². The summed E-state index contributed by atoms with van der Waals surface area (Å²) < 4.78 is 10.7. The summed E-state index contributed by atoms with van der Waals surface area (Å²) in [7, 11) is 1.38. The molecule has 0 aliphatic carbocycles. The molecule has 0 amide bonds. The first-order valence-corrected chi connectivity index (χ1v) is 10.9. The normalized spacial score (nSPS) is 16.9. The quantitative estimate of drug-likeness (QED) is 0.512. The van der Waals surface area contributed by atoms with Gasteiger partial charge in [-0.2, -0.15) is 0 Å². The van der Waals surface area contributed by atoms with Crippen molar-refractivity contribution in [2.75, 3.05) is 13.7 Å². The van der Waals surface area contributed by atoms with Gasteiger partial charge >= 0.3 is 5.97 Å². The molecule has 1 aliphatic rings. The van der Waals surface area contributed by atoms with Gasteiger partial charge in [-0.3, -0.25) is 9.88 Å². The number of ether oxygens (including phenoxy) is 1. The van der Waals surface area contributed by atoms with Crippen molar-refractivity contribution < 1.29 is 13.9 Å². The SMILES string of the molecule is COC(=O)c1ccc(-c2nc(CN3CCCCC3CCc3ccccn3)c(C)o2)cc1. The van der Waals surface area contributed by atoms with E-state index in [2.05, 4.69) is 22.0 Å². The minimum atomic E-state index is -0.349. The summed E-state index contributed by atoms with van der Waals surface area (Å²) in [5, 5.41) is 0. The molecule has 3 heterocycles. The number of esters is 1. The molecule has 0 radical (unpaired) electrons. The van der Waals surface area contributed by atoms with E-state index < -0.39 is 0 Å². The molecule has 6 nitrogen and oxygen atoms in total. The zero-order chi connectivity index (χ0) is 21.6. The van der Waals surface area contributed by atoms with Crippen LogP contribution in [0.1, 0.15) is 53.2 Å². The van der Waals surface area contributed by atoms with E-state index in [9.17, 15) is 4.79 Å². The Morgan fingerprint density at radius 1 is 1.19 bits per heavy atom. The Hall–Kier alpha value is -2.99. The average molecular weight is 420 g/mol. The predicted octanol–water partition coefficient (Wildman–Crippen LogP) is 4.82. The van der Waals surface area contributed by atoms with E-state index >= 15 is 0 Å². The molecule has 0 bridgehead atoms. The summed E-state index contributed by atoms with van der Waals surface area (Å²) in [6.07, 6.45) is 7.68. The fourth-order valence-electron chi connectivity index (χ4n) is 4.21. The number of rotatable bonds is 7. The molecule has 0 saturated carbocycles. The number of hydrogen-bond acceptors (Lipinski definition) is 6. The lowest BCUT2D eigenvalue weighted by atomic mass is 9.96. The second-order valence-electron chi connectivity index (χ2n) is 8.07. The first-order valence-electron chi connectivity index (χ1n) is 10.9. The topological polar surface area (TPSA) is 68.5 Å². The summed E-state index contributed by atoms with van der Waals surface area (Å²) >= 11 is 0. The van der Waals surface area contributed by atoms with Crippen LogP contribution in [-0.4, -0.2) is 40.5 Å². The highest BCUT2D eigenvalue weighted by Crippen LogP contribution is 2.27. The second-order valence-corrected chi connectivity index (χ2v) is 8.07. The molecular formula is C25H29N3O3.